The van der Waals surface area contributed by atoms with Gasteiger partial charge in [0, 0.05) is 33.8 Å². The number of hydrogen-bond acceptors (Lipinski definition) is 2. The normalized spacial score (nSPS) is 11.5. The zero-order valence-corrected chi connectivity index (χ0v) is 26.8. The Hall–Kier alpha value is -5.60. The predicted octanol–water partition coefficient (Wildman–Crippen LogP) is 12.8. The molecule has 0 aliphatic heterocycles. The molecule has 46 heavy (non-hydrogen) atoms. The third-order valence-corrected chi connectivity index (χ3v) is 9.23. The maximum atomic E-state index is 2.40. The molecule has 0 spiro atoms. The second-order valence-electron chi connectivity index (χ2n) is 12.6. The molecule has 8 rings (SSSR count). The Labute approximate surface area is 271 Å². The Morgan fingerprint density at radius 1 is 0.304 bits per heavy atom. The van der Waals surface area contributed by atoms with Crippen molar-refractivity contribution in [3.63, 3.8) is 0 Å². The van der Waals surface area contributed by atoms with E-state index in [0.717, 1.165) is 28.4 Å². The first-order valence-electron chi connectivity index (χ1n) is 16.0. The maximum absolute atomic E-state index is 2.40. The van der Waals surface area contributed by atoms with Gasteiger partial charge >= 0.3 is 0 Å². The third-order valence-electron chi connectivity index (χ3n) is 9.23. The van der Waals surface area contributed by atoms with E-state index in [2.05, 4.69) is 183 Å². The summed E-state index contributed by atoms with van der Waals surface area (Å²) in [5.41, 5.74) is 12.0. The lowest BCUT2D eigenvalue weighted by Crippen LogP contribution is -2.11. The van der Waals surface area contributed by atoms with E-state index in [1.807, 2.05) is 0 Å². The Morgan fingerprint density at radius 3 is 1.13 bits per heavy atom. The highest BCUT2D eigenvalue weighted by Gasteiger charge is 2.20. The summed E-state index contributed by atoms with van der Waals surface area (Å²) < 4.78 is 0. The molecule has 0 bridgehead atoms. The lowest BCUT2D eigenvalue weighted by molar-refractivity contribution is 1.27. The quantitative estimate of drug-likeness (QED) is 0.177. The third kappa shape index (κ3) is 4.83. The summed E-state index contributed by atoms with van der Waals surface area (Å²) in [6.45, 7) is 8.56. The highest BCUT2D eigenvalue weighted by Crippen LogP contribution is 2.46. The molecule has 0 aliphatic rings. The number of aryl methyl sites for hydroxylation is 4. The van der Waals surface area contributed by atoms with Crippen molar-refractivity contribution in [2.24, 2.45) is 0 Å². The van der Waals surface area contributed by atoms with Crippen molar-refractivity contribution in [2.45, 2.75) is 27.7 Å². The molecule has 222 valence electrons. The highest BCUT2D eigenvalue weighted by atomic mass is 15.1. The van der Waals surface area contributed by atoms with Crippen molar-refractivity contribution < 1.29 is 0 Å². The van der Waals surface area contributed by atoms with Gasteiger partial charge in [0.2, 0.25) is 0 Å². The summed E-state index contributed by atoms with van der Waals surface area (Å²) in [6.07, 6.45) is 0. The van der Waals surface area contributed by atoms with Gasteiger partial charge in [-0.25, -0.2) is 0 Å². The minimum Gasteiger partial charge on any atom is -0.310 e. The van der Waals surface area contributed by atoms with Crippen molar-refractivity contribution in [1.29, 1.82) is 0 Å². The van der Waals surface area contributed by atoms with E-state index in [-0.39, 0.29) is 0 Å². The topological polar surface area (TPSA) is 6.48 Å². The predicted molar refractivity (Wildman–Crippen MR) is 198 cm³/mol. The Balaban J connectivity index is 1.35. The SMILES string of the molecule is Cc1ccc(N(c2ccc(C)cc2)c2cc3ccc4ccc(N(c5ccc(C)cc5)c5ccc(C)cc5)c5ccc(c2)c3c45)cc1. The summed E-state index contributed by atoms with van der Waals surface area (Å²) in [4.78, 5) is 4.77. The first-order valence-corrected chi connectivity index (χ1v) is 16.0. The van der Waals surface area contributed by atoms with Crippen molar-refractivity contribution in [3.8, 4) is 0 Å². The van der Waals surface area contributed by atoms with E-state index >= 15 is 0 Å². The second-order valence-corrected chi connectivity index (χ2v) is 12.6. The zero-order valence-electron chi connectivity index (χ0n) is 26.8. The second kappa shape index (κ2) is 11.1. The summed E-state index contributed by atoms with van der Waals surface area (Å²) in [5, 5.41) is 7.60. The van der Waals surface area contributed by atoms with Crippen LogP contribution in [0.1, 0.15) is 22.3 Å². The minimum absolute atomic E-state index is 1.15. The lowest BCUT2D eigenvalue weighted by atomic mass is 9.92. The fourth-order valence-electron chi connectivity index (χ4n) is 6.76. The molecule has 8 aromatic rings. The monoisotopic (exact) mass is 592 g/mol. The molecular weight excluding hydrogens is 556 g/mol. The van der Waals surface area contributed by atoms with Gasteiger partial charge in [-0.15, -0.1) is 0 Å². The Bertz CT molecular complexity index is 2210. The zero-order chi connectivity index (χ0) is 31.4. The molecule has 0 atom stereocenters. The molecule has 0 saturated carbocycles. The molecule has 0 radical (unpaired) electrons. The molecule has 0 N–H and O–H groups in total. The molecule has 2 heteroatoms. The smallest absolute Gasteiger partial charge is 0.0540 e. The maximum Gasteiger partial charge on any atom is 0.0540 e. The Morgan fingerprint density at radius 2 is 0.674 bits per heavy atom. The Kier molecular flexibility index (Phi) is 6.73. The first kappa shape index (κ1) is 27.9. The van der Waals surface area contributed by atoms with Crippen LogP contribution in [0.25, 0.3) is 32.3 Å². The summed E-state index contributed by atoms with van der Waals surface area (Å²) >= 11 is 0. The van der Waals surface area contributed by atoms with Gasteiger partial charge < -0.3 is 9.80 Å². The van der Waals surface area contributed by atoms with Crippen LogP contribution in [-0.2, 0) is 0 Å². The van der Waals surface area contributed by atoms with E-state index in [1.54, 1.807) is 0 Å². The number of nitrogens with zero attached hydrogens (tertiary/aromatic N) is 2. The van der Waals surface area contributed by atoms with Gasteiger partial charge in [0.1, 0.15) is 0 Å². The van der Waals surface area contributed by atoms with Gasteiger partial charge in [0.15, 0.2) is 0 Å². The molecule has 2 nitrogen and oxygen atoms in total. The lowest BCUT2D eigenvalue weighted by Gasteiger charge is -2.29. The van der Waals surface area contributed by atoms with Crippen LogP contribution in [0.3, 0.4) is 0 Å². The first-order chi connectivity index (χ1) is 22.4. The van der Waals surface area contributed by atoms with Crippen LogP contribution in [0.5, 0.6) is 0 Å². The van der Waals surface area contributed by atoms with E-state index in [0.29, 0.717) is 0 Å². The van der Waals surface area contributed by atoms with Crippen molar-refractivity contribution in [1.82, 2.24) is 0 Å². The largest absolute Gasteiger partial charge is 0.310 e. The van der Waals surface area contributed by atoms with Gasteiger partial charge in [-0.3, -0.25) is 0 Å². The van der Waals surface area contributed by atoms with E-state index in [1.165, 1.54) is 60.3 Å². The average molecular weight is 593 g/mol. The van der Waals surface area contributed by atoms with E-state index in [4.69, 9.17) is 0 Å². The fraction of sp³-hybridized carbons (Fsp3) is 0.0909. The summed E-state index contributed by atoms with van der Waals surface area (Å²) in [6, 6.07) is 53.8. The number of hydrogen-bond donors (Lipinski definition) is 0. The van der Waals surface area contributed by atoms with E-state index < -0.39 is 0 Å². The fourth-order valence-corrected chi connectivity index (χ4v) is 6.76. The van der Waals surface area contributed by atoms with Gasteiger partial charge in [0.25, 0.3) is 0 Å². The number of anilines is 6. The molecule has 0 aromatic heterocycles. The number of benzene rings is 8. The minimum atomic E-state index is 1.15. The molecule has 8 aromatic carbocycles. The molecule has 0 heterocycles. The van der Waals surface area contributed by atoms with Crippen LogP contribution in [-0.4, -0.2) is 0 Å². The summed E-state index contributed by atoms with van der Waals surface area (Å²) in [7, 11) is 0. The van der Waals surface area contributed by atoms with Gasteiger partial charge in [-0.05, 0) is 121 Å². The van der Waals surface area contributed by atoms with Gasteiger partial charge in [0.05, 0.1) is 5.69 Å². The average Bonchev–Trinajstić information content (AvgIpc) is 3.07. The van der Waals surface area contributed by atoms with Crippen LogP contribution >= 0.6 is 0 Å². The molecule has 0 saturated heterocycles. The van der Waals surface area contributed by atoms with Crippen molar-refractivity contribution >= 4 is 66.4 Å². The van der Waals surface area contributed by atoms with Crippen LogP contribution in [0.2, 0.25) is 0 Å². The number of rotatable bonds is 6. The molecule has 0 aliphatic carbocycles. The van der Waals surface area contributed by atoms with Gasteiger partial charge in [-0.2, -0.15) is 0 Å². The van der Waals surface area contributed by atoms with Crippen LogP contribution < -0.4 is 9.80 Å². The molecule has 0 amide bonds. The van der Waals surface area contributed by atoms with Crippen molar-refractivity contribution in [3.05, 3.63) is 168 Å². The van der Waals surface area contributed by atoms with Gasteiger partial charge in [-0.1, -0.05) is 101 Å². The van der Waals surface area contributed by atoms with Crippen LogP contribution in [0.4, 0.5) is 34.1 Å². The van der Waals surface area contributed by atoms with E-state index in [9.17, 15) is 0 Å². The van der Waals surface area contributed by atoms with Crippen LogP contribution in [0.15, 0.2) is 146 Å². The standard InChI is InChI=1S/C44H36N2/c1-29-5-17-36(18-6-29)45(37-19-7-30(2)8-20-37)40-27-34-14-13-33-16-26-42(41-25-15-35(28-40)43(34)44(33)41)46(38-21-9-31(3)10-22-38)39-23-11-32(4)12-24-39/h5-28H,1-4H3. The summed E-state index contributed by atoms with van der Waals surface area (Å²) in [5.74, 6) is 0. The molecular formula is C44H36N2. The molecule has 0 unspecified atom stereocenters. The van der Waals surface area contributed by atoms with Crippen molar-refractivity contribution in [2.75, 3.05) is 9.80 Å². The van der Waals surface area contributed by atoms with Crippen LogP contribution in [0, 0.1) is 27.7 Å². The highest BCUT2D eigenvalue weighted by molar-refractivity contribution is 6.26. The molecule has 0 fully saturated rings.